The van der Waals surface area contributed by atoms with E-state index in [1.165, 1.54) is 0 Å². The Hall–Kier alpha value is -1.34. The first-order valence-electron chi connectivity index (χ1n) is 6.14. The monoisotopic (exact) mass is 328 g/mol. The fourth-order valence-electron chi connectivity index (χ4n) is 1.72. The van der Waals surface area contributed by atoms with Gasteiger partial charge in [-0.05, 0) is 24.1 Å². The Kier molecular flexibility index (Phi) is 7.67. The van der Waals surface area contributed by atoms with Gasteiger partial charge in [-0.2, -0.15) is 13.2 Å². The summed E-state index contributed by atoms with van der Waals surface area (Å²) in [6, 6.07) is 1.58. The Morgan fingerprint density at radius 2 is 2.00 bits per heavy atom. The highest BCUT2D eigenvalue weighted by molar-refractivity contribution is 5.85. The molecule has 0 spiro atoms. The van der Waals surface area contributed by atoms with Crippen LogP contribution in [0, 0.1) is 5.82 Å². The molecule has 3 N–H and O–H groups in total. The molecular formula is C13H17ClF4N2O. The summed E-state index contributed by atoms with van der Waals surface area (Å²) < 4.78 is 51.1. The highest BCUT2D eigenvalue weighted by Crippen LogP contribution is 2.32. The molecule has 0 fully saturated rings. The van der Waals surface area contributed by atoms with Crippen molar-refractivity contribution in [3.63, 3.8) is 0 Å². The summed E-state index contributed by atoms with van der Waals surface area (Å²) >= 11 is 0. The van der Waals surface area contributed by atoms with Gasteiger partial charge in [-0.25, -0.2) is 4.39 Å². The van der Waals surface area contributed by atoms with Gasteiger partial charge in [0.1, 0.15) is 5.82 Å². The Morgan fingerprint density at radius 1 is 1.38 bits per heavy atom. The number of benzene rings is 1. The van der Waals surface area contributed by atoms with Crippen molar-refractivity contribution >= 4 is 18.3 Å². The Labute approximate surface area is 126 Å². The molecule has 1 amide bonds. The number of rotatable bonds is 5. The topological polar surface area (TPSA) is 55.1 Å². The van der Waals surface area contributed by atoms with Crippen LogP contribution >= 0.6 is 12.4 Å². The minimum Gasteiger partial charge on any atom is -0.351 e. The average molecular weight is 329 g/mol. The molecule has 1 atom stereocenters. The van der Waals surface area contributed by atoms with E-state index in [9.17, 15) is 22.4 Å². The largest absolute Gasteiger partial charge is 0.416 e. The fraction of sp³-hybridized carbons (Fsp3) is 0.462. The second kappa shape index (κ2) is 8.19. The highest BCUT2D eigenvalue weighted by atomic mass is 35.5. The summed E-state index contributed by atoms with van der Waals surface area (Å²) in [7, 11) is 0. The number of halogens is 5. The highest BCUT2D eigenvalue weighted by Gasteiger charge is 2.33. The van der Waals surface area contributed by atoms with Crippen LogP contribution in [0.1, 0.15) is 30.9 Å². The van der Waals surface area contributed by atoms with Crippen LogP contribution in [-0.2, 0) is 17.5 Å². The van der Waals surface area contributed by atoms with Crippen LogP contribution in [-0.4, -0.2) is 11.9 Å². The number of carbonyl (C=O) groups is 1. The summed E-state index contributed by atoms with van der Waals surface area (Å²) in [6.07, 6.45) is -3.53. The summed E-state index contributed by atoms with van der Waals surface area (Å²) in [5, 5.41) is 2.33. The molecule has 0 heterocycles. The van der Waals surface area contributed by atoms with Crippen LogP contribution in [0.25, 0.3) is 0 Å². The zero-order chi connectivity index (χ0) is 15.3. The molecule has 120 valence electrons. The lowest BCUT2D eigenvalue weighted by Gasteiger charge is -2.15. The predicted octanol–water partition coefficient (Wildman–Crippen LogP) is 3.01. The molecule has 1 aromatic rings. The standard InChI is InChI=1S/C13H16F4N2O.ClH/c1-2-3-11(18)12(20)19-7-8-4-5-9(14)6-10(8)13(15,16)17;/h4-6,11H,2-3,7,18H2,1H3,(H,19,20);1H. The molecule has 0 aliphatic carbocycles. The van der Waals surface area contributed by atoms with E-state index in [-0.39, 0.29) is 24.5 Å². The molecule has 0 radical (unpaired) electrons. The van der Waals surface area contributed by atoms with Crippen LogP contribution in [0.15, 0.2) is 18.2 Å². The number of amides is 1. The first kappa shape index (κ1) is 19.7. The van der Waals surface area contributed by atoms with Gasteiger partial charge in [0, 0.05) is 6.54 Å². The van der Waals surface area contributed by atoms with Crippen molar-refractivity contribution in [1.82, 2.24) is 5.32 Å². The molecule has 8 heteroatoms. The van der Waals surface area contributed by atoms with E-state index in [1.807, 2.05) is 6.92 Å². The number of nitrogens with one attached hydrogen (secondary N) is 1. The Bertz CT molecular complexity index is 480. The second-order valence-corrected chi connectivity index (χ2v) is 4.41. The van der Waals surface area contributed by atoms with Gasteiger partial charge < -0.3 is 11.1 Å². The molecule has 0 aliphatic heterocycles. The number of hydrogen-bond donors (Lipinski definition) is 2. The van der Waals surface area contributed by atoms with Crippen LogP contribution in [0.3, 0.4) is 0 Å². The van der Waals surface area contributed by atoms with E-state index < -0.39 is 29.5 Å². The summed E-state index contributed by atoms with van der Waals surface area (Å²) in [4.78, 5) is 11.5. The molecule has 21 heavy (non-hydrogen) atoms. The van der Waals surface area contributed by atoms with E-state index >= 15 is 0 Å². The van der Waals surface area contributed by atoms with Gasteiger partial charge >= 0.3 is 6.18 Å². The lowest BCUT2D eigenvalue weighted by Crippen LogP contribution is -2.40. The number of hydrogen-bond acceptors (Lipinski definition) is 2. The predicted molar refractivity (Wildman–Crippen MR) is 73.4 cm³/mol. The van der Waals surface area contributed by atoms with Crippen LogP contribution in [0.5, 0.6) is 0 Å². The van der Waals surface area contributed by atoms with Gasteiger partial charge in [0.15, 0.2) is 0 Å². The van der Waals surface area contributed by atoms with Gasteiger partial charge in [-0.3, -0.25) is 4.79 Å². The summed E-state index contributed by atoms with van der Waals surface area (Å²) in [5.74, 6) is -1.50. The lowest BCUT2D eigenvalue weighted by atomic mass is 10.1. The van der Waals surface area contributed by atoms with E-state index in [0.717, 1.165) is 12.1 Å². The molecule has 1 unspecified atom stereocenters. The van der Waals surface area contributed by atoms with Gasteiger partial charge in [0.2, 0.25) is 5.91 Å². The maximum atomic E-state index is 12.9. The van der Waals surface area contributed by atoms with Gasteiger partial charge in [0.25, 0.3) is 0 Å². The zero-order valence-corrected chi connectivity index (χ0v) is 12.2. The van der Waals surface area contributed by atoms with Crippen molar-refractivity contribution < 1.29 is 22.4 Å². The van der Waals surface area contributed by atoms with Gasteiger partial charge in [-0.15, -0.1) is 12.4 Å². The molecule has 1 aromatic carbocycles. The van der Waals surface area contributed by atoms with E-state index in [4.69, 9.17) is 5.73 Å². The van der Waals surface area contributed by atoms with Crippen LogP contribution < -0.4 is 11.1 Å². The third kappa shape index (κ3) is 5.89. The third-order valence-electron chi connectivity index (χ3n) is 2.77. The Balaban J connectivity index is 0.00000400. The lowest BCUT2D eigenvalue weighted by molar-refractivity contribution is -0.138. The molecule has 0 bridgehead atoms. The Morgan fingerprint density at radius 3 is 2.52 bits per heavy atom. The molecule has 0 aliphatic rings. The van der Waals surface area contributed by atoms with Crippen molar-refractivity contribution in [3.05, 3.63) is 35.1 Å². The first-order chi connectivity index (χ1) is 9.25. The average Bonchev–Trinajstić information content (AvgIpc) is 2.36. The second-order valence-electron chi connectivity index (χ2n) is 4.41. The van der Waals surface area contributed by atoms with Gasteiger partial charge in [-0.1, -0.05) is 19.4 Å². The minimum absolute atomic E-state index is 0. The summed E-state index contributed by atoms with van der Waals surface area (Å²) in [6.45, 7) is 1.50. The molecule has 0 saturated heterocycles. The van der Waals surface area contributed by atoms with E-state index in [2.05, 4.69) is 5.32 Å². The van der Waals surface area contributed by atoms with Crippen molar-refractivity contribution in [1.29, 1.82) is 0 Å². The minimum atomic E-state index is -4.67. The molecule has 3 nitrogen and oxygen atoms in total. The molecule has 1 rings (SSSR count). The van der Waals surface area contributed by atoms with E-state index in [0.29, 0.717) is 18.9 Å². The van der Waals surface area contributed by atoms with Crippen LogP contribution in [0.4, 0.5) is 17.6 Å². The maximum absolute atomic E-state index is 12.9. The quantitative estimate of drug-likeness (QED) is 0.816. The number of carbonyl (C=O) groups excluding carboxylic acids is 1. The number of nitrogens with two attached hydrogens (primary N) is 1. The smallest absolute Gasteiger partial charge is 0.351 e. The van der Waals surface area contributed by atoms with Crippen molar-refractivity contribution in [2.75, 3.05) is 0 Å². The normalized spacial score (nSPS) is 12.5. The first-order valence-corrected chi connectivity index (χ1v) is 6.14. The van der Waals surface area contributed by atoms with E-state index in [1.54, 1.807) is 0 Å². The van der Waals surface area contributed by atoms with Crippen molar-refractivity contribution in [3.8, 4) is 0 Å². The van der Waals surface area contributed by atoms with Crippen molar-refractivity contribution in [2.45, 2.75) is 38.5 Å². The SMILES string of the molecule is CCCC(N)C(=O)NCc1ccc(F)cc1C(F)(F)F.Cl. The maximum Gasteiger partial charge on any atom is 0.416 e. The fourth-order valence-corrected chi connectivity index (χ4v) is 1.72. The third-order valence-corrected chi connectivity index (χ3v) is 2.77. The van der Waals surface area contributed by atoms with Crippen LogP contribution in [0.2, 0.25) is 0 Å². The van der Waals surface area contributed by atoms with Crippen molar-refractivity contribution in [2.24, 2.45) is 5.73 Å². The summed E-state index contributed by atoms with van der Waals surface area (Å²) in [5.41, 5.74) is 4.25. The van der Waals surface area contributed by atoms with Gasteiger partial charge in [0.05, 0.1) is 11.6 Å². The zero-order valence-electron chi connectivity index (χ0n) is 11.3. The number of alkyl halides is 3. The molecule has 0 saturated carbocycles. The molecule has 0 aromatic heterocycles. The molecular weight excluding hydrogens is 312 g/mol.